The van der Waals surface area contributed by atoms with Crippen LogP contribution in [0.2, 0.25) is 5.04 Å². The highest BCUT2D eigenvalue weighted by molar-refractivity contribution is 6.32. The Morgan fingerprint density at radius 2 is 1.33 bits per heavy atom. The number of ether oxygens (including phenoxy) is 1. The van der Waals surface area contributed by atoms with Crippen molar-refractivity contribution >= 4 is 9.76 Å². The fraction of sp³-hybridized carbons (Fsp3) is 0.333. The van der Waals surface area contributed by atoms with E-state index < -0.39 is 0 Å². The number of hydrogen-bond acceptors (Lipinski definition) is 2. The Morgan fingerprint density at radius 1 is 0.767 bits per heavy atom. The van der Waals surface area contributed by atoms with Gasteiger partial charge in [0.15, 0.2) is 0 Å². The summed E-state index contributed by atoms with van der Waals surface area (Å²) in [5.41, 5.74) is 6.38. The van der Waals surface area contributed by atoms with E-state index in [9.17, 15) is 0 Å². The van der Waals surface area contributed by atoms with Crippen molar-refractivity contribution in [2.24, 2.45) is 0 Å². The van der Waals surface area contributed by atoms with Crippen LogP contribution in [-0.4, -0.2) is 29.6 Å². The summed E-state index contributed by atoms with van der Waals surface area (Å²) in [7, 11) is 0.416. The van der Waals surface area contributed by atoms with Gasteiger partial charge in [-0.3, -0.25) is 0 Å². The monoisotopic (exact) mass is 414 g/mol. The Kier molecular flexibility index (Phi) is 6.23. The highest BCUT2D eigenvalue weighted by atomic mass is 28.2. The lowest BCUT2D eigenvalue weighted by molar-refractivity contribution is 0.0837. The summed E-state index contributed by atoms with van der Waals surface area (Å²) in [6.07, 6.45) is 1.01. The maximum Gasteiger partial charge on any atom is 0.236 e. The lowest BCUT2D eigenvalue weighted by atomic mass is 9.79. The van der Waals surface area contributed by atoms with Gasteiger partial charge in [0.1, 0.15) is 0 Å². The largest absolute Gasteiger partial charge is 0.416 e. The lowest BCUT2D eigenvalue weighted by Crippen LogP contribution is -2.38. The van der Waals surface area contributed by atoms with Crippen LogP contribution in [0.25, 0.3) is 11.1 Å². The number of benzene rings is 3. The van der Waals surface area contributed by atoms with E-state index in [1.165, 1.54) is 27.8 Å². The highest BCUT2D eigenvalue weighted by Crippen LogP contribution is 2.49. The molecular formula is C27H30O2Si. The quantitative estimate of drug-likeness (QED) is 0.396. The smallest absolute Gasteiger partial charge is 0.236 e. The van der Waals surface area contributed by atoms with Crippen molar-refractivity contribution in [3.63, 3.8) is 0 Å². The first kappa shape index (κ1) is 21.0. The molecule has 0 aromatic heterocycles. The van der Waals surface area contributed by atoms with Crippen molar-refractivity contribution in [2.75, 3.05) is 19.8 Å². The van der Waals surface area contributed by atoms with E-state index in [1.54, 1.807) is 0 Å². The summed E-state index contributed by atoms with van der Waals surface area (Å²) >= 11 is 0. The van der Waals surface area contributed by atoms with Crippen LogP contribution >= 0.6 is 0 Å². The zero-order chi connectivity index (χ0) is 21.0. The van der Waals surface area contributed by atoms with Crippen LogP contribution < -0.4 is 0 Å². The van der Waals surface area contributed by atoms with Crippen LogP contribution in [-0.2, 0) is 21.0 Å². The fourth-order valence-corrected chi connectivity index (χ4v) is 5.53. The third kappa shape index (κ3) is 4.15. The van der Waals surface area contributed by atoms with Gasteiger partial charge in [-0.25, -0.2) is 0 Å². The Morgan fingerprint density at radius 3 is 1.93 bits per heavy atom. The minimum Gasteiger partial charge on any atom is -0.416 e. The van der Waals surface area contributed by atoms with Gasteiger partial charge in [0.05, 0.1) is 12.0 Å². The van der Waals surface area contributed by atoms with Gasteiger partial charge >= 0.3 is 0 Å². The summed E-state index contributed by atoms with van der Waals surface area (Å²) < 4.78 is 12.6. The maximum absolute atomic E-state index is 6.52. The molecule has 0 aliphatic heterocycles. The van der Waals surface area contributed by atoms with Gasteiger partial charge in [-0.05, 0) is 46.2 Å². The van der Waals surface area contributed by atoms with Crippen molar-refractivity contribution < 1.29 is 9.16 Å². The average Bonchev–Trinajstić information content (AvgIpc) is 3.03. The zero-order valence-corrected chi connectivity index (χ0v) is 19.2. The molecule has 0 unspecified atom stereocenters. The predicted molar refractivity (Wildman–Crippen MR) is 125 cm³/mol. The van der Waals surface area contributed by atoms with Crippen LogP contribution in [0.3, 0.4) is 0 Å². The number of rotatable bonds is 9. The molecule has 154 valence electrons. The molecule has 1 aliphatic carbocycles. The molecule has 0 fully saturated rings. The van der Waals surface area contributed by atoms with Gasteiger partial charge in [-0.15, -0.1) is 0 Å². The van der Waals surface area contributed by atoms with Crippen LogP contribution in [0.1, 0.15) is 37.5 Å². The first-order valence-electron chi connectivity index (χ1n) is 10.8. The van der Waals surface area contributed by atoms with E-state index in [0.717, 1.165) is 6.42 Å². The second kappa shape index (κ2) is 8.89. The summed E-state index contributed by atoms with van der Waals surface area (Å²) in [4.78, 5) is 0. The molecule has 3 aromatic carbocycles. The Bertz CT molecular complexity index is 935. The zero-order valence-electron chi connectivity index (χ0n) is 18.2. The number of hydrogen-bond donors (Lipinski definition) is 0. The van der Waals surface area contributed by atoms with E-state index in [1.807, 2.05) is 0 Å². The van der Waals surface area contributed by atoms with Crippen LogP contribution in [0.5, 0.6) is 0 Å². The molecule has 1 aliphatic rings. The summed E-state index contributed by atoms with van der Waals surface area (Å²) in [5.74, 6) is 0. The summed E-state index contributed by atoms with van der Waals surface area (Å²) in [6.45, 7) is 8.63. The van der Waals surface area contributed by atoms with Gasteiger partial charge in [0, 0.05) is 13.2 Å². The molecule has 3 aromatic rings. The van der Waals surface area contributed by atoms with E-state index in [0.29, 0.717) is 29.6 Å². The second-order valence-corrected chi connectivity index (χ2v) is 10.6. The SMILES string of the molecule is CCOCC1(CO[Si]C(C)(C)Cc2ccccc2)c2ccccc2-c2ccccc21. The molecule has 0 saturated carbocycles. The Balaban J connectivity index is 1.58. The molecular weight excluding hydrogens is 384 g/mol. The summed E-state index contributed by atoms with van der Waals surface area (Å²) in [5, 5.41) is 0.0891. The van der Waals surface area contributed by atoms with Crippen molar-refractivity contribution in [1.82, 2.24) is 0 Å². The normalized spacial score (nSPS) is 14.4. The standard InChI is InChI=1S/C27H30O2Si/c1-4-28-19-27(20-29-30-26(2,3)18-21-12-6-5-7-13-21)24-16-10-8-14-22(24)23-15-9-11-17-25(23)27/h5-17H,4,18-20H2,1-3H3. The first-order chi connectivity index (χ1) is 14.6. The van der Waals surface area contributed by atoms with Gasteiger partial charge in [-0.1, -0.05) is 92.7 Å². The van der Waals surface area contributed by atoms with E-state index in [-0.39, 0.29) is 10.5 Å². The molecule has 2 nitrogen and oxygen atoms in total. The molecule has 0 N–H and O–H groups in total. The Hall–Kier alpha value is -2.20. The molecule has 0 bridgehead atoms. The molecule has 3 heteroatoms. The maximum atomic E-state index is 6.52. The molecule has 0 saturated heterocycles. The van der Waals surface area contributed by atoms with Crippen LogP contribution in [0.4, 0.5) is 0 Å². The van der Waals surface area contributed by atoms with Gasteiger partial charge in [0.2, 0.25) is 9.76 Å². The third-order valence-electron chi connectivity index (χ3n) is 5.88. The van der Waals surface area contributed by atoms with Crippen molar-refractivity contribution in [1.29, 1.82) is 0 Å². The van der Waals surface area contributed by atoms with Crippen molar-refractivity contribution in [3.05, 3.63) is 95.6 Å². The van der Waals surface area contributed by atoms with Gasteiger partial charge < -0.3 is 9.16 Å². The molecule has 4 rings (SSSR count). The van der Waals surface area contributed by atoms with E-state index in [2.05, 4.69) is 99.6 Å². The topological polar surface area (TPSA) is 18.5 Å². The highest BCUT2D eigenvalue weighted by Gasteiger charge is 2.43. The van der Waals surface area contributed by atoms with Crippen molar-refractivity contribution in [3.8, 4) is 11.1 Å². The molecule has 2 radical (unpaired) electrons. The molecule has 0 amide bonds. The van der Waals surface area contributed by atoms with Crippen LogP contribution in [0.15, 0.2) is 78.9 Å². The van der Waals surface area contributed by atoms with Crippen molar-refractivity contribution in [2.45, 2.75) is 37.6 Å². The minimum absolute atomic E-state index is 0.0891. The molecule has 0 atom stereocenters. The first-order valence-corrected chi connectivity index (χ1v) is 11.7. The minimum atomic E-state index is -0.251. The molecule has 0 spiro atoms. The second-order valence-electron chi connectivity index (χ2n) is 8.75. The van der Waals surface area contributed by atoms with E-state index in [4.69, 9.17) is 9.16 Å². The molecule has 30 heavy (non-hydrogen) atoms. The number of fused-ring (bicyclic) bond motifs is 3. The Labute approximate surface area is 183 Å². The lowest BCUT2D eigenvalue weighted by Gasteiger charge is -2.33. The summed E-state index contributed by atoms with van der Waals surface area (Å²) in [6, 6.07) is 28.1. The van der Waals surface area contributed by atoms with Gasteiger partial charge in [0.25, 0.3) is 0 Å². The van der Waals surface area contributed by atoms with E-state index >= 15 is 0 Å². The van der Waals surface area contributed by atoms with Crippen LogP contribution in [0, 0.1) is 0 Å². The fourth-order valence-electron chi connectivity index (χ4n) is 4.54. The predicted octanol–water partition coefficient (Wildman–Crippen LogP) is 6.07. The van der Waals surface area contributed by atoms with Gasteiger partial charge in [-0.2, -0.15) is 0 Å². The third-order valence-corrected chi connectivity index (χ3v) is 6.90. The average molecular weight is 415 g/mol. The molecule has 0 heterocycles.